The second-order valence-electron chi connectivity index (χ2n) is 4.81. The van der Waals surface area contributed by atoms with Crippen molar-refractivity contribution >= 4 is 23.4 Å². The molecule has 0 unspecified atom stereocenters. The summed E-state index contributed by atoms with van der Waals surface area (Å²) in [7, 11) is 0. The maximum Gasteiger partial charge on any atom is 0.338 e. The van der Waals surface area contributed by atoms with E-state index in [2.05, 4.69) is 11.8 Å². The Morgan fingerprint density at radius 2 is 2.16 bits per heavy atom. The summed E-state index contributed by atoms with van der Waals surface area (Å²) in [5, 5.41) is 9.55. The van der Waals surface area contributed by atoms with Crippen LogP contribution in [0.15, 0.2) is 23.1 Å². The Bertz CT molecular complexity index is 457. The molecule has 2 rings (SSSR count). The first-order valence-electron chi connectivity index (χ1n) is 6.94. The molecule has 1 fully saturated rings. The molecular weight excluding hydrogens is 258 g/mol. The van der Waals surface area contributed by atoms with Gasteiger partial charge in [-0.15, -0.1) is 11.8 Å². The van der Waals surface area contributed by atoms with Gasteiger partial charge in [0.15, 0.2) is 0 Å². The lowest BCUT2D eigenvalue weighted by molar-refractivity contribution is 0.0694. The van der Waals surface area contributed by atoms with Crippen molar-refractivity contribution in [3.8, 4) is 0 Å². The number of benzene rings is 1. The summed E-state index contributed by atoms with van der Waals surface area (Å²) in [5.41, 5.74) is 1.38. The van der Waals surface area contributed by atoms with Crippen molar-refractivity contribution in [2.75, 3.05) is 17.2 Å². The fraction of sp³-hybridized carbons (Fsp3) is 0.533. The average molecular weight is 279 g/mol. The number of carbonyl (C=O) groups is 1. The standard InChI is InChI=1S/C15H21NO2S/c1-3-10-16(11-8-9-11)12-6-5-7-13(19-4-2)14(12)15(17)18/h5-7,11H,3-4,8-10H2,1-2H3,(H,17,18). The Hall–Kier alpha value is -1.16. The van der Waals surface area contributed by atoms with Crippen molar-refractivity contribution in [2.45, 2.75) is 44.0 Å². The molecule has 0 aromatic heterocycles. The first kappa shape index (κ1) is 14.3. The van der Waals surface area contributed by atoms with Crippen LogP contribution in [-0.4, -0.2) is 29.4 Å². The van der Waals surface area contributed by atoms with E-state index in [0.29, 0.717) is 11.6 Å². The molecule has 1 aliphatic carbocycles. The third-order valence-electron chi connectivity index (χ3n) is 3.28. The zero-order valence-electron chi connectivity index (χ0n) is 11.6. The van der Waals surface area contributed by atoms with Crippen LogP contribution in [0.5, 0.6) is 0 Å². The number of carboxylic acid groups (broad SMARTS) is 1. The van der Waals surface area contributed by atoms with E-state index in [1.807, 2.05) is 25.1 Å². The topological polar surface area (TPSA) is 40.5 Å². The van der Waals surface area contributed by atoms with Gasteiger partial charge in [-0.05, 0) is 37.1 Å². The van der Waals surface area contributed by atoms with Gasteiger partial charge in [0.2, 0.25) is 0 Å². The van der Waals surface area contributed by atoms with Gasteiger partial charge in [-0.25, -0.2) is 4.79 Å². The molecule has 1 aromatic carbocycles. The molecule has 0 heterocycles. The van der Waals surface area contributed by atoms with Crippen LogP contribution in [0.2, 0.25) is 0 Å². The first-order valence-corrected chi connectivity index (χ1v) is 7.93. The van der Waals surface area contributed by atoms with Crippen LogP contribution in [0.4, 0.5) is 5.69 Å². The molecular formula is C15H21NO2S. The van der Waals surface area contributed by atoms with E-state index in [0.717, 1.165) is 29.3 Å². The molecule has 104 valence electrons. The van der Waals surface area contributed by atoms with E-state index >= 15 is 0 Å². The largest absolute Gasteiger partial charge is 0.478 e. The summed E-state index contributed by atoms with van der Waals surface area (Å²) in [4.78, 5) is 14.8. The summed E-state index contributed by atoms with van der Waals surface area (Å²) < 4.78 is 0. The van der Waals surface area contributed by atoms with Crippen LogP contribution in [0.3, 0.4) is 0 Å². The maximum atomic E-state index is 11.6. The van der Waals surface area contributed by atoms with Crippen LogP contribution in [-0.2, 0) is 0 Å². The smallest absolute Gasteiger partial charge is 0.338 e. The Morgan fingerprint density at radius 3 is 2.68 bits per heavy atom. The molecule has 0 amide bonds. The van der Waals surface area contributed by atoms with Gasteiger partial charge in [-0.2, -0.15) is 0 Å². The molecule has 1 aliphatic rings. The lowest BCUT2D eigenvalue weighted by Crippen LogP contribution is -2.28. The summed E-state index contributed by atoms with van der Waals surface area (Å²) in [6.07, 6.45) is 3.41. The van der Waals surface area contributed by atoms with E-state index in [1.165, 1.54) is 12.8 Å². The molecule has 0 aliphatic heterocycles. The predicted octanol–water partition coefficient (Wildman–Crippen LogP) is 3.88. The summed E-state index contributed by atoms with van der Waals surface area (Å²) in [5.74, 6) is 0.0781. The molecule has 0 radical (unpaired) electrons. The van der Waals surface area contributed by atoms with Crippen LogP contribution in [0, 0.1) is 0 Å². The van der Waals surface area contributed by atoms with Crippen molar-refractivity contribution < 1.29 is 9.90 Å². The zero-order valence-corrected chi connectivity index (χ0v) is 12.4. The predicted molar refractivity (Wildman–Crippen MR) is 80.5 cm³/mol. The van der Waals surface area contributed by atoms with E-state index in [1.54, 1.807) is 11.8 Å². The average Bonchev–Trinajstić information content (AvgIpc) is 3.20. The highest BCUT2D eigenvalue weighted by Gasteiger charge is 2.31. The van der Waals surface area contributed by atoms with E-state index in [4.69, 9.17) is 0 Å². The zero-order chi connectivity index (χ0) is 13.8. The minimum Gasteiger partial charge on any atom is -0.478 e. The van der Waals surface area contributed by atoms with Crippen LogP contribution >= 0.6 is 11.8 Å². The van der Waals surface area contributed by atoms with Crippen molar-refractivity contribution in [1.82, 2.24) is 0 Å². The SMILES string of the molecule is CCCN(c1cccc(SCC)c1C(=O)O)C1CC1. The number of aromatic carboxylic acids is 1. The van der Waals surface area contributed by atoms with Crippen LogP contribution < -0.4 is 4.90 Å². The van der Waals surface area contributed by atoms with E-state index in [-0.39, 0.29) is 0 Å². The molecule has 0 bridgehead atoms. The first-order chi connectivity index (χ1) is 9.19. The number of hydrogen-bond acceptors (Lipinski definition) is 3. The minimum atomic E-state index is -0.812. The highest BCUT2D eigenvalue weighted by molar-refractivity contribution is 7.99. The van der Waals surface area contributed by atoms with Crippen molar-refractivity contribution in [2.24, 2.45) is 0 Å². The summed E-state index contributed by atoms with van der Waals surface area (Å²) in [6, 6.07) is 6.39. The Balaban J connectivity index is 2.41. The molecule has 0 atom stereocenters. The molecule has 1 N–H and O–H groups in total. The summed E-state index contributed by atoms with van der Waals surface area (Å²) >= 11 is 1.60. The fourth-order valence-corrected chi connectivity index (χ4v) is 3.20. The number of thioether (sulfide) groups is 1. The molecule has 0 saturated heterocycles. The van der Waals surface area contributed by atoms with Gasteiger partial charge in [0.05, 0.1) is 11.3 Å². The fourth-order valence-electron chi connectivity index (χ4n) is 2.38. The van der Waals surface area contributed by atoms with Crippen molar-refractivity contribution in [3.05, 3.63) is 23.8 Å². The monoisotopic (exact) mass is 279 g/mol. The van der Waals surface area contributed by atoms with Crippen LogP contribution in [0.1, 0.15) is 43.5 Å². The van der Waals surface area contributed by atoms with E-state index in [9.17, 15) is 9.90 Å². The Kier molecular flexibility index (Phi) is 4.75. The second kappa shape index (κ2) is 6.33. The van der Waals surface area contributed by atoms with Gasteiger partial charge < -0.3 is 10.0 Å². The van der Waals surface area contributed by atoms with Gasteiger partial charge >= 0.3 is 5.97 Å². The molecule has 1 aromatic rings. The molecule has 19 heavy (non-hydrogen) atoms. The third-order valence-corrected chi connectivity index (χ3v) is 4.22. The third kappa shape index (κ3) is 3.24. The van der Waals surface area contributed by atoms with Crippen molar-refractivity contribution in [3.63, 3.8) is 0 Å². The number of carboxylic acids is 1. The highest BCUT2D eigenvalue weighted by Crippen LogP contribution is 2.37. The molecule has 0 spiro atoms. The lowest BCUT2D eigenvalue weighted by Gasteiger charge is -2.26. The summed E-state index contributed by atoms with van der Waals surface area (Å²) in [6.45, 7) is 5.12. The van der Waals surface area contributed by atoms with Crippen LogP contribution in [0.25, 0.3) is 0 Å². The second-order valence-corrected chi connectivity index (χ2v) is 6.12. The number of rotatable bonds is 7. The molecule has 1 saturated carbocycles. The van der Waals surface area contributed by atoms with Gasteiger partial charge in [0.1, 0.15) is 0 Å². The van der Waals surface area contributed by atoms with Gasteiger partial charge in [0.25, 0.3) is 0 Å². The minimum absolute atomic E-state index is 0.481. The van der Waals surface area contributed by atoms with E-state index < -0.39 is 5.97 Å². The quantitative estimate of drug-likeness (QED) is 0.769. The number of anilines is 1. The highest BCUT2D eigenvalue weighted by atomic mass is 32.2. The van der Waals surface area contributed by atoms with Crippen molar-refractivity contribution in [1.29, 1.82) is 0 Å². The van der Waals surface area contributed by atoms with Gasteiger partial charge in [-0.1, -0.05) is 19.9 Å². The maximum absolute atomic E-state index is 11.6. The normalized spacial score (nSPS) is 14.4. The lowest BCUT2D eigenvalue weighted by atomic mass is 10.1. The van der Waals surface area contributed by atoms with Gasteiger partial charge in [-0.3, -0.25) is 0 Å². The number of hydrogen-bond donors (Lipinski definition) is 1. The molecule has 3 nitrogen and oxygen atoms in total. The Labute approximate surface area is 119 Å². The molecule has 4 heteroatoms. The van der Waals surface area contributed by atoms with Gasteiger partial charge in [0, 0.05) is 17.5 Å². The Morgan fingerprint density at radius 1 is 1.42 bits per heavy atom. The number of nitrogens with zero attached hydrogens (tertiary/aromatic N) is 1.